The third-order valence-corrected chi connectivity index (χ3v) is 3.78. The molecule has 0 bridgehead atoms. The number of benzene rings is 1. The lowest BCUT2D eigenvalue weighted by Gasteiger charge is -2.31. The van der Waals surface area contributed by atoms with Crippen molar-refractivity contribution < 1.29 is 14.3 Å². The van der Waals surface area contributed by atoms with Crippen LogP contribution in [0, 0.1) is 5.92 Å². The van der Waals surface area contributed by atoms with Crippen molar-refractivity contribution in [3.63, 3.8) is 0 Å². The second-order valence-corrected chi connectivity index (χ2v) is 5.40. The van der Waals surface area contributed by atoms with E-state index in [1.54, 1.807) is 0 Å². The normalized spacial score (nSPS) is 19.6. The number of hydrogen-bond donors (Lipinski definition) is 0. The largest absolute Gasteiger partial charge is 0.492 e. The quantitative estimate of drug-likeness (QED) is 0.783. The zero-order chi connectivity index (χ0) is 14.4. The van der Waals surface area contributed by atoms with Crippen molar-refractivity contribution in [1.82, 2.24) is 4.90 Å². The van der Waals surface area contributed by atoms with E-state index in [-0.39, 0.29) is 11.9 Å². The van der Waals surface area contributed by atoms with Gasteiger partial charge in [-0.25, -0.2) is 0 Å². The minimum absolute atomic E-state index is 0.00396. The number of ether oxygens (including phenoxy) is 2. The van der Waals surface area contributed by atoms with E-state index < -0.39 is 0 Å². The molecule has 20 heavy (non-hydrogen) atoms. The van der Waals surface area contributed by atoms with Crippen LogP contribution in [0.1, 0.15) is 12.8 Å². The molecule has 0 aliphatic carbocycles. The molecule has 2 rings (SSSR count). The molecule has 1 aromatic carbocycles. The number of rotatable bonds is 5. The maximum absolute atomic E-state index is 11.5. The van der Waals surface area contributed by atoms with E-state index in [4.69, 9.17) is 21.1 Å². The second kappa shape index (κ2) is 7.50. The topological polar surface area (TPSA) is 38.8 Å². The van der Waals surface area contributed by atoms with Crippen molar-refractivity contribution >= 4 is 17.6 Å². The number of likely N-dealkylation sites (tertiary alicyclic amines) is 1. The van der Waals surface area contributed by atoms with E-state index >= 15 is 0 Å². The monoisotopic (exact) mass is 297 g/mol. The van der Waals surface area contributed by atoms with Gasteiger partial charge in [-0.1, -0.05) is 11.6 Å². The summed E-state index contributed by atoms with van der Waals surface area (Å²) in [6, 6.07) is 7.34. The van der Waals surface area contributed by atoms with Crippen LogP contribution < -0.4 is 4.74 Å². The lowest BCUT2D eigenvalue weighted by Crippen LogP contribution is -2.41. The zero-order valence-corrected chi connectivity index (χ0v) is 12.4. The molecule has 110 valence electrons. The molecule has 1 fully saturated rings. The number of piperidine rings is 1. The standard InChI is InChI=1S/C15H20ClNO3/c1-19-15(18)12-3-2-8-17(11-12)9-10-20-14-6-4-13(16)5-7-14/h4-7,12H,2-3,8-11H2,1H3. The van der Waals surface area contributed by atoms with Crippen LogP contribution in [-0.2, 0) is 9.53 Å². The molecule has 0 N–H and O–H groups in total. The molecule has 1 aromatic rings. The summed E-state index contributed by atoms with van der Waals surface area (Å²) in [6.45, 7) is 3.19. The lowest BCUT2D eigenvalue weighted by molar-refractivity contribution is -0.147. The van der Waals surface area contributed by atoms with Gasteiger partial charge in [-0.05, 0) is 43.7 Å². The molecule has 1 saturated heterocycles. The van der Waals surface area contributed by atoms with Gasteiger partial charge in [0.2, 0.25) is 0 Å². The summed E-state index contributed by atoms with van der Waals surface area (Å²) in [5.74, 6) is 0.716. The van der Waals surface area contributed by atoms with Crippen LogP contribution in [0.25, 0.3) is 0 Å². The van der Waals surface area contributed by atoms with Gasteiger partial charge in [-0.2, -0.15) is 0 Å². The van der Waals surface area contributed by atoms with Gasteiger partial charge in [0, 0.05) is 18.1 Å². The van der Waals surface area contributed by atoms with Crippen molar-refractivity contribution in [3.8, 4) is 5.75 Å². The molecule has 0 saturated carbocycles. The fourth-order valence-corrected chi connectivity index (χ4v) is 2.57. The molecule has 4 nitrogen and oxygen atoms in total. The highest BCUT2D eigenvalue weighted by Crippen LogP contribution is 2.18. The highest BCUT2D eigenvalue weighted by molar-refractivity contribution is 6.30. The smallest absolute Gasteiger partial charge is 0.309 e. The van der Waals surface area contributed by atoms with E-state index in [1.165, 1.54) is 7.11 Å². The number of carbonyl (C=O) groups excluding carboxylic acids is 1. The predicted octanol–water partition coefficient (Wildman–Crippen LogP) is 2.60. The number of methoxy groups -OCH3 is 1. The third kappa shape index (κ3) is 4.39. The van der Waals surface area contributed by atoms with Crippen molar-refractivity contribution in [2.45, 2.75) is 12.8 Å². The zero-order valence-electron chi connectivity index (χ0n) is 11.7. The molecular weight excluding hydrogens is 278 g/mol. The Hall–Kier alpha value is -1.26. The third-order valence-electron chi connectivity index (χ3n) is 3.53. The van der Waals surface area contributed by atoms with Crippen molar-refractivity contribution in [2.75, 3.05) is 33.4 Å². The van der Waals surface area contributed by atoms with Gasteiger partial charge in [0.25, 0.3) is 0 Å². The number of esters is 1. The summed E-state index contributed by atoms with van der Waals surface area (Å²) in [5.41, 5.74) is 0. The summed E-state index contributed by atoms with van der Waals surface area (Å²) in [4.78, 5) is 13.8. The highest BCUT2D eigenvalue weighted by Gasteiger charge is 2.26. The summed E-state index contributed by atoms with van der Waals surface area (Å²) >= 11 is 5.82. The van der Waals surface area contributed by atoms with Crippen molar-refractivity contribution in [2.24, 2.45) is 5.92 Å². The Kier molecular flexibility index (Phi) is 5.68. The second-order valence-electron chi connectivity index (χ2n) is 4.97. The number of hydrogen-bond acceptors (Lipinski definition) is 4. The lowest BCUT2D eigenvalue weighted by atomic mass is 9.98. The first-order chi connectivity index (χ1) is 9.69. The average Bonchev–Trinajstić information content (AvgIpc) is 2.49. The van der Waals surface area contributed by atoms with E-state index in [2.05, 4.69) is 4.90 Å². The Balaban J connectivity index is 1.73. The van der Waals surface area contributed by atoms with Crippen LogP contribution in [-0.4, -0.2) is 44.2 Å². The van der Waals surface area contributed by atoms with Crippen LogP contribution in [0.4, 0.5) is 0 Å². The Labute approximate surface area is 124 Å². The molecule has 0 spiro atoms. The van der Waals surface area contributed by atoms with E-state index in [9.17, 15) is 4.79 Å². The van der Waals surface area contributed by atoms with E-state index in [0.29, 0.717) is 11.6 Å². The molecule has 5 heteroatoms. The number of nitrogens with zero attached hydrogens (tertiary/aromatic N) is 1. The molecule has 1 atom stereocenters. The van der Waals surface area contributed by atoms with Gasteiger partial charge in [-0.15, -0.1) is 0 Å². The fourth-order valence-electron chi connectivity index (χ4n) is 2.44. The molecule has 1 heterocycles. The maximum Gasteiger partial charge on any atom is 0.309 e. The Morgan fingerprint density at radius 1 is 1.40 bits per heavy atom. The van der Waals surface area contributed by atoms with Crippen molar-refractivity contribution in [3.05, 3.63) is 29.3 Å². The molecule has 0 aromatic heterocycles. The SMILES string of the molecule is COC(=O)C1CCCN(CCOc2ccc(Cl)cc2)C1. The van der Waals surface area contributed by atoms with Crippen LogP contribution in [0.15, 0.2) is 24.3 Å². The highest BCUT2D eigenvalue weighted by atomic mass is 35.5. The van der Waals surface area contributed by atoms with Gasteiger partial charge < -0.3 is 9.47 Å². The number of halogens is 1. The first kappa shape index (κ1) is 15.1. The maximum atomic E-state index is 11.5. The van der Waals surface area contributed by atoms with Crippen molar-refractivity contribution in [1.29, 1.82) is 0 Å². The first-order valence-electron chi connectivity index (χ1n) is 6.87. The molecule has 1 unspecified atom stereocenters. The summed E-state index contributed by atoms with van der Waals surface area (Å²) in [6.07, 6.45) is 1.95. The summed E-state index contributed by atoms with van der Waals surface area (Å²) in [5, 5.41) is 0.703. The molecule has 0 amide bonds. The summed E-state index contributed by atoms with van der Waals surface area (Å²) < 4.78 is 10.5. The fraction of sp³-hybridized carbons (Fsp3) is 0.533. The minimum atomic E-state index is -0.103. The van der Waals surface area contributed by atoms with Crippen LogP contribution in [0.3, 0.4) is 0 Å². The predicted molar refractivity (Wildman–Crippen MR) is 78.1 cm³/mol. The Morgan fingerprint density at radius 3 is 2.85 bits per heavy atom. The summed E-state index contributed by atoms with van der Waals surface area (Å²) in [7, 11) is 1.45. The van der Waals surface area contributed by atoms with Gasteiger partial charge in [0.15, 0.2) is 0 Å². The molecule has 0 radical (unpaired) electrons. The van der Waals surface area contributed by atoms with E-state index in [1.807, 2.05) is 24.3 Å². The van der Waals surface area contributed by atoms with Crippen LogP contribution in [0.2, 0.25) is 5.02 Å². The van der Waals surface area contributed by atoms with E-state index in [0.717, 1.165) is 38.2 Å². The average molecular weight is 298 g/mol. The number of carbonyl (C=O) groups is 1. The Morgan fingerprint density at radius 2 is 2.15 bits per heavy atom. The molecule has 1 aliphatic heterocycles. The minimum Gasteiger partial charge on any atom is -0.492 e. The van der Waals surface area contributed by atoms with Gasteiger partial charge in [-0.3, -0.25) is 9.69 Å². The molecule has 1 aliphatic rings. The Bertz CT molecular complexity index is 435. The van der Waals surface area contributed by atoms with Gasteiger partial charge in [0.1, 0.15) is 12.4 Å². The molecular formula is C15H20ClNO3. The van der Waals surface area contributed by atoms with Crippen LogP contribution in [0.5, 0.6) is 5.75 Å². The van der Waals surface area contributed by atoms with Gasteiger partial charge in [0.05, 0.1) is 13.0 Å². The van der Waals surface area contributed by atoms with Crippen LogP contribution >= 0.6 is 11.6 Å². The van der Waals surface area contributed by atoms with Gasteiger partial charge >= 0.3 is 5.97 Å². The first-order valence-corrected chi connectivity index (χ1v) is 7.25.